The molecule has 2 nitrogen and oxygen atoms in total. The van der Waals surface area contributed by atoms with E-state index in [0.29, 0.717) is 0 Å². The van der Waals surface area contributed by atoms with Crippen LogP contribution in [0.5, 0.6) is 0 Å². The Bertz CT molecular complexity index is 329. The molecule has 5 heteroatoms. The van der Waals surface area contributed by atoms with Gasteiger partial charge >= 0.3 is 5.97 Å². The highest BCUT2D eigenvalue weighted by atomic mass is 79.9. The lowest BCUT2D eigenvalue weighted by Crippen LogP contribution is -2.70. The molecule has 0 spiro atoms. The van der Waals surface area contributed by atoms with Gasteiger partial charge in [-0.15, -0.1) is 0 Å². The predicted octanol–water partition coefficient (Wildman–Crippen LogP) is 3.76. The van der Waals surface area contributed by atoms with E-state index >= 15 is 0 Å². The maximum atomic E-state index is 11.5. The van der Waals surface area contributed by atoms with Crippen LogP contribution in [0, 0.1) is 16.2 Å². The van der Waals surface area contributed by atoms with Crippen molar-refractivity contribution in [2.75, 3.05) is 0 Å². The Hall–Kier alpha value is 0.910. The quantitative estimate of drug-likeness (QED) is 0.711. The third-order valence-corrected chi connectivity index (χ3v) is 8.10. The molecule has 0 aromatic carbocycles. The monoisotopic (exact) mass is 402 g/mol. The number of aliphatic carboxylic acids is 1. The summed E-state index contributed by atoms with van der Waals surface area (Å²) in [4.78, 5) is 11.5. The number of rotatable bonds is 2. The van der Waals surface area contributed by atoms with Crippen LogP contribution in [-0.2, 0) is 4.79 Å². The van der Waals surface area contributed by atoms with Crippen LogP contribution in [0.25, 0.3) is 0 Å². The molecule has 3 saturated carbocycles. The topological polar surface area (TPSA) is 37.3 Å². The van der Waals surface area contributed by atoms with Crippen LogP contribution in [0.15, 0.2) is 0 Å². The molecule has 0 aromatic rings. The Morgan fingerprint density at radius 3 is 2.13 bits per heavy atom. The Labute approximate surface area is 115 Å². The summed E-state index contributed by atoms with van der Waals surface area (Å²) in [5.74, 6) is -0.664. The number of carboxylic acids is 1. The summed E-state index contributed by atoms with van der Waals surface area (Å²) in [5, 5.41) is 9.45. The molecular formula is C10H13Br3O2. The van der Waals surface area contributed by atoms with Crippen LogP contribution in [0.4, 0.5) is 0 Å². The molecule has 0 saturated heterocycles. The maximum absolute atomic E-state index is 11.5. The van der Waals surface area contributed by atoms with Crippen LogP contribution in [0.3, 0.4) is 0 Å². The lowest BCUT2D eigenvalue weighted by atomic mass is 9.43. The normalized spacial score (nSPS) is 46.7. The molecule has 1 N–H and O–H groups in total. The summed E-state index contributed by atoms with van der Waals surface area (Å²) < 4.78 is 0.159. The van der Waals surface area contributed by atoms with Gasteiger partial charge in [-0.25, -0.2) is 0 Å². The molecule has 2 unspecified atom stereocenters. The summed E-state index contributed by atoms with van der Waals surface area (Å²) in [6.45, 7) is 4.14. The van der Waals surface area contributed by atoms with Gasteiger partial charge in [0.2, 0.25) is 0 Å². The van der Waals surface area contributed by atoms with Gasteiger partial charge in [-0.1, -0.05) is 61.6 Å². The number of halogens is 3. The lowest BCUT2D eigenvalue weighted by molar-refractivity contribution is -0.179. The van der Waals surface area contributed by atoms with Gasteiger partial charge in [0, 0.05) is 10.2 Å². The first-order chi connectivity index (χ1) is 6.75. The molecule has 3 fully saturated rings. The first-order valence-corrected chi connectivity index (χ1v) is 7.65. The third-order valence-electron chi connectivity index (χ3n) is 4.87. The summed E-state index contributed by atoms with van der Waals surface area (Å²) >= 11 is 10.8. The zero-order valence-corrected chi connectivity index (χ0v) is 13.3. The highest BCUT2D eigenvalue weighted by Gasteiger charge is 2.83. The lowest BCUT2D eigenvalue weighted by Gasteiger charge is -2.65. The summed E-state index contributed by atoms with van der Waals surface area (Å²) in [7, 11) is 0. The van der Waals surface area contributed by atoms with Crippen LogP contribution in [0.2, 0.25) is 0 Å². The second kappa shape index (κ2) is 3.22. The highest BCUT2D eigenvalue weighted by Crippen LogP contribution is 2.82. The Kier molecular flexibility index (Phi) is 2.66. The van der Waals surface area contributed by atoms with E-state index < -0.39 is 11.4 Å². The average Bonchev–Trinajstić information content (AvgIpc) is 2.53. The fraction of sp³-hybridized carbons (Fsp3) is 0.900. The van der Waals surface area contributed by atoms with Gasteiger partial charge in [-0.05, 0) is 18.3 Å². The van der Waals surface area contributed by atoms with Crippen LogP contribution >= 0.6 is 47.8 Å². The number of alkyl halides is 3. The fourth-order valence-electron chi connectivity index (χ4n) is 3.67. The molecule has 3 atom stereocenters. The van der Waals surface area contributed by atoms with Crippen molar-refractivity contribution in [2.24, 2.45) is 16.2 Å². The van der Waals surface area contributed by atoms with E-state index in [0.717, 1.165) is 12.8 Å². The standard InChI is InChI=1S/C10H13Br3O2/c1-8(2)9(6(12)13)3-4-10(8,5(9)11)7(14)15/h5-6H,3-4H2,1-2H3,(H,14,15)/t5-,9?,10?/m1/s1. The Morgan fingerprint density at radius 2 is 1.93 bits per heavy atom. The van der Waals surface area contributed by atoms with Crippen LogP contribution in [-0.4, -0.2) is 19.6 Å². The number of fused-ring (bicyclic) bond motifs is 1. The number of carbonyl (C=O) groups is 1. The van der Waals surface area contributed by atoms with Crippen molar-refractivity contribution >= 4 is 53.8 Å². The molecule has 15 heavy (non-hydrogen) atoms. The van der Waals surface area contributed by atoms with Crippen LogP contribution in [0.1, 0.15) is 26.7 Å². The number of hydrogen-bond donors (Lipinski definition) is 1. The first-order valence-electron chi connectivity index (χ1n) is 4.91. The molecule has 3 rings (SSSR count). The van der Waals surface area contributed by atoms with E-state index in [4.69, 9.17) is 0 Å². The van der Waals surface area contributed by atoms with Crippen molar-refractivity contribution in [3.8, 4) is 0 Å². The molecule has 0 heterocycles. The number of hydrogen-bond acceptors (Lipinski definition) is 1. The molecule has 3 aliphatic rings. The molecule has 3 aliphatic carbocycles. The largest absolute Gasteiger partial charge is 0.481 e. The minimum absolute atomic E-state index is 0.00535. The minimum atomic E-state index is -0.664. The van der Waals surface area contributed by atoms with Crippen molar-refractivity contribution in [2.45, 2.75) is 35.3 Å². The van der Waals surface area contributed by atoms with Gasteiger partial charge in [0.15, 0.2) is 0 Å². The third kappa shape index (κ3) is 0.998. The second-order valence-electron chi connectivity index (χ2n) is 5.11. The SMILES string of the molecule is CC1(C)C2(C(=O)O)CCC1(C(Br)Br)[C@H]2Br. The number of carboxylic acid groups (broad SMARTS) is 1. The van der Waals surface area contributed by atoms with E-state index in [1.165, 1.54) is 0 Å². The van der Waals surface area contributed by atoms with E-state index in [1.54, 1.807) is 0 Å². The van der Waals surface area contributed by atoms with E-state index in [2.05, 4.69) is 61.6 Å². The highest BCUT2D eigenvalue weighted by molar-refractivity contribution is 9.24. The van der Waals surface area contributed by atoms with Gasteiger partial charge in [0.1, 0.15) is 0 Å². The van der Waals surface area contributed by atoms with Crippen molar-refractivity contribution < 1.29 is 9.90 Å². The van der Waals surface area contributed by atoms with E-state index in [1.807, 2.05) is 0 Å². The van der Waals surface area contributed by atoms with Gasteiger partial charge in [-0.3, -0.25) is 4.79 Å². The summed E-state index contributed by atoms with van der Waals surface area (Å²) in [6.07, 6.45) is 1.71. The minimum Gasteiger partial charge on any atom is -0.481 e. The van der Waals surface area contributed by atoms with E-state index in [9.17, 15) is 9.90 Å². The fourth-order valence-corrected chi connectivity index (χ4v) is 8.57. The molecule has 2 bridgehead atoms. The predicted molar refractivity (Wildman–Crippen MR) is 69.9 cm³/mol. The first kappa shape index (κ1) is 12.4. The molecule has 0 aliphatic heterocycles. The van der Waals surface area contributed by atoms with Gasteiger partial charge in [0.05, 0.1) is 9.15 Å². The molecule has 0 radical (unpaired) electrons. The molecule has 86 valence electrons. The zero-order chi connectivity index (χ0) is 11.6. The second-order valence-corrected chi connectivity index (χ2v) is 9.08. The summed E-state index contributed by atoms with van der Waals surface area (Å²) in [6, 6.07) is 0. The van der Waals surface area contributed by atoms with Gasteiger partial charge in [0.25, 0.3) is 0 Å². The van der Waals surface area contributed by atoms with Crippen molar-refractivity contribution in [3.63, 3.8) is 0 Å². The van der Waals surface area contributed by atoms with Gasteiger partial charge in [-0.2, -0.15) is 0 Å². The van der Waals surface area contributed by atoms with Gasteiger partial charge < -0.3 is 5.11 Å². The summed E-state index contributed by atoms with van der Waals surface area (Å²) in [5.41, 5.74) is -0.768. The Morgan fingerprint density at radius 1 is 1.40 bits per heavy atom. The maximum Gasteiger partial charge on any atom is 0.311 e. The molecular weight excluding hydrogens is 392 g/mol. The smallest absolute Gasteiger partial charge is 0.311 e. The average molecular weight is 405 g/mol. The molecule has 0 amide bonds. The van der Waals surface area contributed by atoms with Crippen LogP contribution < -0.4 is 0 Å². The van der Waals surface area contributed by atoms with Crippen molar-refractivity contribution in [3.05, 3.63) is 0 Å². The van der Waals surface area contributed by atoms with Crippen molar-refractivity contribution in [1.29, 1.82) is 0 Å². The van der Waals surface area contributed by atoms with E-state index in [-0.39, 0.29) is 19.4 Å². The van der Waals surface area contributed by atoms with Crippen molar-refractivity contribution in [1.82, 2.24) is 0 Å². The molecule has 0 aromatic heterocycles. The Balaban J connectivity index is 2.50. The zero-order valence-electron chi connectivity index (χ0n) is 8.56.